The molecule has 1 aliphatic heterocycles. The molecular weight excluding hydrogens is 321 g/mol. The zero-order valence-corrected chi connectivity index (χ0v) is 12.9. The second kappa shape index (κ2) is 6.62. The summed E-state index contributed by atoms with van der Waals surface area (Å²) in [5.74, 6) is -0.320. The number of halogens is 3. The van der Waals surface area contributed by atoms with Crippen molar-refractivity contribution >= 4 is 22.6 Å². The molecule has 5 nitrogen and oxygen atoms in total. The fourth-order valence-electron chi connectivity index (χ4n) is 2.96. The number of para-hydroxylation sites is 1. The number of hydrogen-bond acceptors (Lipinski definition) is 4. The molecule has 0 spiro atoms. The molecule has 1 fully saturated rings. The first-order valence-corrected chi connectivity index (χ1v) is 7.73. The monoisotopic (exact) mass is 338 g/mol. The fourth-order valence-corrected chi connectivity index (χ4v) is 2.96. The van der Waals surface area contributed by atoms with Crippen LogP contribution >= 0.6 is 0 Å². The van der Waals surface area contributed by atoms with Crippen molar-refractivity contribution < 1.29 is 18.0 Å². The molecule has 24 heavy (non-hydrogen) atoms. The summed E-state index contributed by atoms with van der Waals surface area (Å²) in [6.45, 7) is -0.229. The Labute approximate surface area is 136 Å². The molecule has 1 saturated heterocycles. The molecule has 0 radical (unpaired) electrons. The highest BCUT2D eigenvalue weighted by Gasteiger charge is 2.32. The summed E-state index contributed by atoms with van der Waals surface area (Å²) >= 11 is 0. The van der Waals surface area contributed by atoms with E-state index >= 15 is 0 Å². The number of piperidine rings is 1. The normalized spacial score (nSPS) is 18.6. The van der Waals surface area contributed by atoms with Gasteiger partial charge < -0.3 is 10.2 Å². The SMILES string of the molecule is O=C(NCC(F)(F)F)C1CCCN(c2ncnc3ccccc23)C1. The van der Waals surface area contributed by atoms with Crippen molar-refractivity contribution in [2.45, 2.75) is 19.0 Å². The largest absolute Gasteiger partial charge is 0.405 e. The van der Waals surface area contributed by atoms with Gasteiger partial charge in [0, 0.05) is 18.5 Å². The first-order chi connectivity index (χ1) is 11.4. The van der Waals surface area contributed by atoms with Crippen LogP contribution in [0.2, 0.25) is 0 Å². The van der Waals surface area contributed by atoms with Crippen LogP contribution in [0.4, 0.5) is 19.0 Å². The van der Waals surface area contributed by atoms with Crippen molar-refractivity contribution in [3.05, 3.63) is 30.6 Å². The second-order valence-electron chi connectivity index (χ2n) is 5.83. The maximum Gasteiger partial charge on any atom is 0.405 e. The molecule has 1 aromatic heterocycles. The van der Waals surface area contributed by atoms with Gasteiger partial charge in [-0.15, -0.1) is 0 Å². The number of carbonyl (C=O) groups excluding carboxylic acids is 1. The minimum absolute atomic E-state index is 0.352. The third-order valence-corrected chi connectivity index (χ3v) is 4.08. The van der Waals surface area contributed by atoms with E-state index in [0.29, 0.717) is 25.3 Å². The molecule has 8 heteroatoms. The Morgan fingerprint density at radius 3 is 2.88 bits per heavy atom. The van der Waals surface area contributed by atoms with Gasteiger partial charge in [-0.3, -0.25) is 4.79 Å². The van der Waals surface area contributed by atoms with Gasteiger partial charge in [0.2, 0.25) is 5.91 Å². The lowest BCUT2D eigenvalue weighted by Gasteiger charge is -2.33. The maximum atomic E-state index is 12.3. The smallest absolute Gasteiger partial charge is 0.355 e. The van der Waals surface area contributed by atoms with Crippen LogP contribution in [0.25, 0.3) is 10.9 Å². The predicted octanol–water partition coefficient (Wildman–Crippen LogP) is 2.52. The highest BCUT2D eigenvalue weighted by atomic mass is 19.4. The highest BCUT2D eigenvalue weighted by Crippen LogP contribution is 2.27. The van der Waals surface area contributed by atoms with Crippen molar-refractivity contribution in [3.63, 3.8) is 0 Å². The molecule has 0 aliphatic carbocycles. The van der Waals surface area contributed by atoms with Crippen molar-refractivity contribution in [1.82, 2.24) is 15.3 Å². The van der Waals surface area contributed by atoms with E-state index in [0.717, 1.165) is 17.3 Å². The minimum atomic E-state index is -4.40. The number of fused-ring (bicyclic) bond motifs is 1. The van der Waals surface area contributed by atoms with Gasteiger partial charge in [-0.05, 0) is 25.0 Å². The molecular formula is C16H17F3N4O. The van der Waals surface area contributed by atoms with Gasteiger partial charge in [-0.1, -0.05) is 12.1 Å². The number of aromatic nitrogens is 2. The molecule has 1 aromatic carbocycles. The Balaban J connectivity index is 1.74. The van der Waals surface area contributed by atoms with E-state index in [2.05, 4.69) is 9.97 Å². The fraction of sp³-hybridized carbons (Fsp3) is 0.438. The van der Waals surface area contributed by atoms with Gasteiger partial charge in [0.25, 0.3) is 0 Å². The quantitative estimate of drug-likeness (QED) is 0.934. The van der Waals surface area contributed by atoms with Gasteiger partial charge in [0.05, 0.1) is 11.4 Å². The van der Waals surface area contributed by atoms with E-state index in [4.69, 9.17) is 0 Å². The van der Waals surface area contributed by atoms with E-state index in [-0.39, 0.29) is 0 Å². The van der Waals surface area contributed by atoms with E-state index < -0.39 is 24.5 Å². The number of benzene rings is 1. The van der Waals surface area contributed by atoms with Crippen molar-refractivity contribution in [1.29, 1.82) is 0 Å². The van der Waals surface area contributed by atoms with E-state index in [1.807, 2.05) is 34.5 Å². The number of rotatable bonds is 3. The topological polar surface area (TPSA) is 58.1 Å². The lowest BCUT2D eigenvalue weighted by atomic mass is 9.97. The lowest BCUT2D eigenvalue weighted by molar-refractivity contribution is -0.140. The van der Waals surface area contributed by atoms with Crippen molar-refractivity contribution in [2.75, 3.05) is 24.5 Å². The molecule has 1 amide bonds. The molecule has 1 N–H and O–H groups in total. The molecule has 1 unspecified atom stereocenters. The number of nitrogens with one attached hydrogen (secondary N) is 1. The second-order valence-corrected chi connectivity index (χ2v) is 5.83. The van der Waals surface area contributed by atoms with Crippen LogP contribution < -0.4 is 10.2 Å². The third kappa shape index (κ3) is 3.74. The van der Waals surface area contributed by atoms with Crippen LogP contribution in [0.15, 0.2) is 30.6 Å². The highest BCUT2D eigenvalue weighted by molar-refractivity contribution is 5.89. The van der Waals surface area contributed by atoms with E-state index in [9.17, 15) is 18.0 Å². The lowest BCUT2D eigenvalue weighted by Crippen LogP contribution is -2.45. The Bertz CT molecular complexity index is 729. The van der Waals surface area contributed by atoms with Gasteiger partial charge >= 0.3 is 6.18 Å². The molecule has 0 saturated carbocycles. The standard InChI is InChI=1S/C16H17F3N4O/c17-16(18,19)9-20-15(24)11-4-3-7-23(8-11)14-12-5-1-2-6-13(12)21-10-22-14/h1-2,5-6,10-11H,3-4,7-9H2,(H,20,24). The Kier molecular flexibility index (Phi) is 4.55. The molecule has 1 aliphatic rings. The number of nitrogens with zero attached hydrogens (tertiary/aromatic N) is 3. The van der Waals surface area contributed by atoms with E-state index in [1.54, 1.807) is 0 Å². The van der Waals surface area contributed by atoms with Crippen LogP contribution in [-0.2, 0) is 4.79 Å². The zero-order valence-electron chi connectivity index (χ0n) is 12.9. The van der Waals surface area contributed by atoms with Crippen LogP contribution in [0.3, 0.4) is 0 Å². The number of alkyl halides is 3. The van der Waals surface area contributed by atoms with Crippen LogP contribution in [-0.4, -0.2) is 41.7 Å². The first kappa shape index (κ1) is 16.5. The molecule has 2 aromatic rings. The number of anilines is 1. The zero-order chi connectivity index (χ0) is 17.2. The van der Waals surface area contributed by atoms with Gasteiger partial charge in [-0.25, -0.2) is 9.97 Å². The number of carbonyl (C=O) groups is 1. The van der Waals surface area contributed by atoms with Crippen LogP contribution in [0.1, 0.15) is 12.8 Å². The average Bonchev–Trinajstić information content (AvgIpc) is 2.58. The summed E-state index contributed by atoms with van der Waals surface area (Å²) in [5.41, 5.74) is 0.797. The van der Waals surface area contributed by atoms with Crippen LogP contribution in [0.5, 0.6) is 0 Å². The summed E-state index contributed by atoms with van der Waals surface area (Å²) in [6, 6.07) is 7.53. The summed E-state index contributed by atoms with van der Waals surface area (Å²) < 4.78 is 36.8. The summed E-state index contributed by atoms with van der Waals surface area (Å²) in [5, 5.41) is 2.85. The van der Waals surface area contributed by atoms with Gasteiger partial charge in [0.1, 0.15) is 18.7 Å². The Morgan fingerprint density at radius 1 is 1.29 bits per heavy atom. The van der Waals surface area contributed by atoms with Gasteiger partial charge in [-0.2, -0.15) is 13.2 Å². The van der Waals surface area contributed by atoms with E-state index in [1.165, 1.54) is 6.33 Å². The number of amides is 1. The van der Waals surface area contributed by atoms with Crippen molar-refractivity contribution in [2.24, 2.45) is 5.92 Å². The maximum absolute atomic E-state index is 12.3. The molecule has 0 bridgehead atoms. The molecule has 1 atom stereocenters. The third-order valence-electron chi connectivity index (χ3n) is 4.08. The van der Waals surface area contributed by atoms with Gasteiger partial charge in [0.15, 0.2) is 0 Å². The average molecular weight is 338 g/mol. The molecule has 3 rings (SSSR count). The minimum Gasteiger partial charge on any atom is -0.355 e. The first-order valence-electron chi connectivity index (χ1n) is 7.73. The Morgan fingerprint density at radius 2 is 2.08 bits per heavy atom. The van der Waals surface area contributed by atoms with Crippen molar-refractivity contribution in [3.8, 4) is 0 Å². The Hall–Kier alpha value is -2.38. The molecule has 2 heterocycles. The predicted molar refractivity (Wildman–Crippen MR) is 83.5 cm³/mol. The summed E-state index contributed by atoms with van der Waals surface area (Å²) in [4.78, 5) is 22.5. The number of hydrogen-bond donors (Lipinski definition) is 1. The summed E-state index contributed by atoms with van der Waals surface area (Å²) in [6.07, 6.45) is -1.64. The molecule has 128 valence electrons. The van der Waals surface area contributed by atoms with Crippen LogP contribution in [0, 0.1) is 5.92 Å². The summed E-state index contributed by atoms with van der Waals surface area (Å²) in [7, 11) is 0.